The second-order valence-corrected chi connectivity index (χ2v) is 9.17. The van der Waals surface area contributed by atoms with E-state index in [0.717, 1.165) is 36.3 Å². The van der Waals surface area contributed by atoms with E-state index in [1.807, 2.05) is 0 Å². The lowest BCUT2D eigenvalue weighted by Crippen LogP contribution is -2.26. The summed E-state index contributed by atoms with van der Waals surface area (Å²) in [6.45, 7) is -1.15. The standard InChI is InChI=1S/C25H34F4O/c1-2-3-4-17-7-11-20(12-8-17)21-13-9-18(10-14-21)5-6-19-15-22(26)24(23(27)16-19)30-25(28)29/h2-3,15-18,20-21,25H,4-14H2,1H3/b3-2+/t17-,18-,20-,21-. The van der Waals surface area contributed by atoms with Gasteiger partial charge in [0.2, 0.25) is 0 Å². The van der Waals surface area contributed by atoms with Gasteiger partial charge in [0.1, 0.15) is 0 Å². The number of ether oxygens (including phenoxy) is 1. The second-order valence-electron chi connectivity index (χ2n) is 9.17. The maximum Gasteiger partial charge on any atom is 0.387 e. The highest BCUT2D eigenvalue weighted by Crippen LogP contribution is 2.43. The van der Waals surface area contributed by atoms with Crippen LogP contribution in [0.4, 0.5) is 17.6 Å². The molecule has 0 unspecified atom stereocenters. The average Bonchev–Trinajstić information content (AvgIpc) is 2.74. The fourth-order valence-electron chi connectivity index (χ4n) is 5.50. The smallest absolute Gasteiger partial charge is 0.387 e. The first-order valence-electron chi connectivity index (χ1n) is 11.5. The van der Waals surface area contributed by atoms with Crippen LogP contribution in [0.1, 0.15) is 76.7 Å². The van der Waals surface area contributed by atoms with Gasteiger partial charge >= 0.3 is 6.61 Å². The van der Waals surface area contributed by atoms with Gasteiger partial charge in [-0.3, -0.25) is 0 Å². The number of aryl methyl sites for hydroxylation is 1. The molecule has 1 aromatic carbocycles. The fourth-order valence-corrected chi connectivity index (χ4v) is 5.50. The van der Waals surface area contributed by atoms with Crippen LogP contribution in [-0.4, -0.2) is 6.61 Å². The quantitative estimate of drug-likeness (QED) is 0.302. The first kappa shape index (κ1) is 23.1. The van der Waals surface area contributed by atoms with Crippen molar-refractivity contribution in [1.82, 2.24) is 0 Å². The number of allylic oxidation sites excluding steroid dienone is 2. The predicted molar refractivity (Wildman–Crippen MR) is 112 cm³/mol. The minimum atomic E-state index is -3.24. The van der Waals surface area contributed by atoms with E-state index >= 15 is 0 Å². The zero-order chi connectivity index (χ0) is 21.5. The summed E-state index contributed by atoms with van der Waals surface area (Å²) in [6, 6.07) is 2.25. The molecule has 0 aromatic heterocycles. The highest BCUT2D eigenvalue weighted by Gasteiger charge is 2.30. The Hall–Kier alpha value is -1.52. The Morgan fingerprint density at radius 2 is 1.43 bits per heavy atom. The van der Waals surface area contributed by atoms with E-state index in [2.05, 4.69) is 23.8 Å². The third-order valence-corrected chi connectivity index (χ3v) is 7.26. The van der Waals surface area contributed by atoms with Crippen molar-refractivity contribution in [2.24, 2.45) is 23.7 Å². The Balaban J connectivity index is 1.41. The molecule has 3 rings (SSSR count). The summed E-state index contributed by atoms with van der Waals surface area (Å²) in [5, 5.41) is 0. The monoisotopic (exact) mass is 426 g/mol. The Kier molecular flexibility index (Phi) is 8.64. The summed E-state index contributed by atoms with van der Waals surface area (Å²) in [5.41, 5.74) is 0.508. The molecule has 0 atom stereocenters. The van der Waals surface area contributed by atoms with Crippen LogP contribution >= 0.6 is 0 Å². The lowest BCUT2D eigenvalue weighted by molar-refractivity contribution is -0.0546. The molecule has 168 valence electrons. The van der Waals surface area contributed by atoms with Crippen LogP contribution in [-0.2, 0) is 6.42 Å². The summed E-state index contributed by atoms with van der Waals surface area (Å²) in [5.74, 6) is 0.0539. The first-order chi connectivity index (χ1) is 14.5. The van der Waals surface area contributed by atoms with Gasteiger partial charge in [-0.2, -0.15) is 8.78 Å². The highest BCUT2D eigenvalue weighted by molar-refractivity contribution is 5.31. The Labute approximate surface area is 177 Å². The van der Waals surface area contributed by atoms with Gasteiger partial charge in [0.15, 0.2) is 17.4 Å². The van der Waals surface area contributed by atoms with Crippen molar-refractivity contribution < 1.29 is 22.3 Å². The van der Waals surface area contributed by atoms with E-state index in [-0.39, 0.29) is 0 Å². The molecule has 2 aliphatic rings. The van der Waals surface area contributed by atoms with E-state index in [1.54, 1.807) is 0 Å². The Bertz CT molecular complexity index is 663. The van der Waals surface area contributed by atoms with Crippen molar-refractivity contribution in [2.45, 2.75) is 84.2 Å². The van der Waals surface area contributed by atoms with Crippen LogP contribution in [0, 0.1) is 35.3 Å². The summed E-state index contributed by atoms with van der Waals surface area (Å²) in [4.78, 5) is 0. The van der Waals surface area contributed by atoms with Crippen LogP contribution < -0.4 is 4.74 Å². The SMILES string of the molecule is C/C=C/C[C@H]1CC[C@H]([C@H]2CC[C@H](CCc3cc(F)c(OC(F)F)c(F)c3)CC2)CC1. The van der Waals surface area contributed by atoms with Gasteiger partial charge in [-0.1, -0.05) is 25.0 Å². The number of hydrogen-bond acceptors (Lipinski definition) is 1. The minimum Gasteiger partial charge on any atom is -0.429 e. The number of benzene rings is 1. The lowest BCUT2D eigenvalue weighted by Gasteiger charge is -2.37. The van der Waals surface area contributed by atoms with Gasteiger partial charge in [-0.15, -0.1) is 0 Å². The normalized spacial score (nSPS) is 27.7. The van der Waals surface area contributed by atoms with E-state index in [4.69, 9.17) is 0 Å². The molecule has 2 saturated carbocycles. The van der Waals surface area contributed by atoms with E-state index in [1.165, 1.54) is 57.8 Å². The number of alkyl halides is 2. The summed E-state index contributed by atoms with van der Waals surface area (Å²) in [7, 11) is 0. The molecular formula is C25H34F4O. The Morgan fingerprint density at radius 3 is 1.93 bits per heavy atom. The molecule has 2 fully saturated rings. The average molecular weight is 427 g/mol. The third-order valence-electron chi connectivity index (χ3n) is 7.26. The summed E-state index contributed by atoms with van der Waals surface area (Å²) >= 11 is 0. The van der Waals surface area contributed by atoms with Crippen LogP contribution in [0.15, 0.2) is 24.3 Å². The molecule has 0 spiro atoms. The van der Waals surface area contributed by atoms with Crippen LogP contribution in [0.3, 0.4) is 0 Å². The molecule has 2 aliphatic carbocycles. The van der Waals surface area contributed by atoms with Crippen molar-refractivity contribution in [1.29, 1.82) is 0 Å². The highest BCUT2D eigenvalue weighted by atomic mass is 19.3. The Morgan fingerprint density at radius 1 is 0.900 bits per heavy atom. The van der Waals surface area contributed by atoms with E-state index in [0.29, 0.717) is 17.9 Å². The maximum atomic E-state index is 13.9. The number of rotatable bonds is 8. The molecule has 0 aliphatic heterocycles. The third kappa shape index (κ3) is 6.49. The molecule has 0 radical (unpaired) electrons. The molecule has 0 saturated heterocycles. The number of hydrogen-bond donors (Lipinski definition) is 0. The lowest BCUT2D eigenvalue weighted by atomic mass is 9.68. The topological polar surface area (TPSA) is 9.23 Å². The molecular weight excluding hydrogens is 392 g/mol. The molecule has 30 heavy (non-hydrogen) atoms. The molecule has 5 heteroatoms. The largest absolute Gasteiger partial charge is 0.429 e. The van der Waals surface area contributed by atoms with Crippen molar-refractivity contribution in [3.63, 3.8) is 0 Å². The molecule has 0 bridgehead atoms. The molecule has 1 nitrogen and oxygen atoms in total. The first-order valence-corrected chi connectivity index (χ1v) is 11.5. The fraction of sp³-hybridized carbons (Fsp3) is 0.680. The van der Waals surface area contributed by atoms with Crippen molar-refractivity contribution in [3.05, 3.63) is 41.5 Å². The van der Waals surface area contributed by atoms with Crippen LogP contribution in [0.25, 0.3) is 0 Å². The zero-order valence-electron chi connectivity index (χ0n) is 17.9. The van der Waals surface area contributed by atoms with Crippen molar-refractivity contribution in [3.8, 4) is 5.75 Å². The van der Waals surface area contributed by atoms with Crippen molar-refractivity contribution >= 4 is 0 Å². The van der Waals surface area contributed by atoms with Gasteiger partial charge in [0.25, 0.3) is 0 Å². The number of halogens is 4. The van der Waals surface area contributed by atoms with Crippen molar-refractivity contribution in [2.75, 3.05) is 0 Å². The molecule has 0 heterocycles. The predicted octanol–water partition coefficient (Wildman–Crippen LogP) is 8.08. The van der Waals surface area contributed by atoms with E-state index < -0.39 is 24.0 Å². The van der Waals surface area contributed by atoms with Gasteiger partial charge in [0.05, 0.1) is 0 Å². The maximum absolute atomic E-state index is 13.9. The molecule has 0 N–H and O–H groups in total. The van der Waals surface area contributed by atoms with E-state index in [9.17, 15) is 17.6 Å². The van der Waals surface area contributed by atoms with Crippen LogP contribution in [0.2, 0.25) is 0 Å². The van der Waals surface area contributed by atoms with Gasteiger partial charge in [0, 0.05) is 0 Å². The van der Waals surface area contributed by atoms with Gasteiger partial charge in [-0.05, 0) is 106 Å². The second kappa shape index (κ2) is 11.2. The summed E-state index contributed by atoms with van der Waals surface area (Å²) < 4.78 is 56.2. The zero-order valence-corrected chi connectivity index (χ0v) is 17.9. The van der Waals surface area contributed by atoms with Crippen LogP contribution in [0.5, 0.6) is 5.75 Å². The summed E-state index contributed by atoms with van der Waals surface area (Å²) in [6.07, 6.45) is 17.5. The molecule has 1 aromatic rings. The van der Waals surface area contributed by atoms with Gasteiger partial charge in [-0.25, -0.2) is 8.78 Å². The minimum absolute atomic E-state index is 0.508. The van der Waals surface area contributed by atoms with Gasteiger partial charge < -0.3 is 4.74 Å². The molecule has 0 amide bonds.